The smallest absolute Gasteiger partial charge is 0.186 e. The number of aliphatic hydroxyl groups is 6. The van der Waals surface area contributed by atoms with Gasteiger partial charge in [-0.1, -0.05) is 0 Å². The summed E-state index contributed by atoms with van der Waals surface area (Å²) in [7, 11) is 1.31. The van der Waals surface area contributed by atoms with Gasteiger partial charge in [-0.15, -0.1) is 0 Å². The third-order valence-electron chi connectivity index (χ3n) is 4.47. The summed E-state index contributed by atoms with van der Waals surface area (Å²) in [4.78, 5) is 0. The van der Waals surface area contributed by atoms with Gasteiger partial charge in [0.05, 0.1) is 19.3 Å². The highest BCUT2D eigenvalue weighted by Gasteiger charge is 2.47. The molecule has 2 fully saturated rings. The molecule has 0 radical (unpaired) electrons. The largest absolute Gasteiger partial charge is 0.394 e. The van der Waals surface area contributed by atoms with Crippen LogP contribution in [0.1, 0.15) is 6.92 Å². The van der Waals surface area contributed by atoms with Crippen molar-refractivity contribution in [3.8, 4) is 0 Å². The molecule has 2 saturated heterocycles. The van der Waals surface area contributed by atoms with Crippen LogP contribution < -0.4 is 0 Å². The van der Waals surface area contributed by atoms with E-state index < -0.39 is 67.8 Å². The summed E-state index contributed by atoms with van der Waals surface area (Å²) in [5, 5.41) is 58.7. The molecular formula is C14H26O10. The minimum Gasteiger partial charge on any atom is -0.394 e. The fourth-order valence-electron chi connectivity index (χ4n) is 2.95. The fourth-order valence-corrected chi connectivity index (χ4v) is 2.95. The van der Waals surface area contributed by atoms with Crippen molar-refractivity contribution < 1.29 is 49.6 Å². The first kappa shape index (κ1) is 19.9. The second-order valence-corrected chi connectivity index (χ2v) is 6.09. The van der Waals surface area contributed by atoms with Gasteiger partial charge in [-0.25, -0.2) is 0 Å². The van der Waals surface area contributed by atoms with Crippen LogP contribution in [0, 0.1) is 0 Å². The first-order chi connectivity index (χ1) is 11.3. The first-order valence-corrected chi connectivity index (χ1v) is 7.78. The van der Waals surface area contributed by atoms with Crippen molar-refractivity contribution in [1.82, 2.24) is 0 Å². The molecule has 2 aliphatic heterocycles. The topological polar surface area (TPSA) is 158 Å². The molecule has 0 amide bonds. The molecule has 0 aromatic rings. The third kappa shape index (κ3) is 3.88. The second-order valence-electron chi connectivity index (χ2n) is 6.09. The average Bonchev–Trinajstić information content (AvgIpc) is 2.58. The summed E-state index contributed by atoms with van der Waals surface area (Å²) < 4.78 is 21.1. The van der Waals surface area contributed by atoms with Gasteiger partial charge in [-0.05, 0) is 6.92 Å². The summed E-state index contributed by atoms with van der Waals surface area (Å²) >= 11 is 0. The van der Waals surface area contributed by atoms with E-state index in [1.54, 1.807) is 0 Å². The van der Waals surface area contributed by atoms with Crippen molar-refractivity contribution in [1.29, 1.82) is 0 Å². The Morgan fingerprint density at radius 2 is 1.50 bits per heavy atom. The summed E-state index contributed by atoms with van der Waals surface area (Å²) in [6.07, 6.45) is -11.6. The Kier molecular flexibility index (Phi) is 6.90. The van der Waals surface area contributed by atoms with Gasteiger partial charge in [-0.3, -0.25) is 0 Å². The summed E-state index contributed by atoms with van der Waals surface area (Å²) in [6, 6.07) is 0. The number of hydrogen-bond donors (Lipinski definition) is 6. The standard InChI is InChI=1S/C14H26O10/c1-5-8(16)10(18)9(17)7(23-5)4-22-14-12(20)11(19)13(21-2)6(3-15)24-14/h5-20H,3-4H2,1-2H3/t5-,6-,7?,8?,9?,10?,11?,12?,13?,14?/m1/s1. The number of hydrogen-bond acceptors (Lipinski definition) is 10. The van der Waals surface area contributed by atoms with E-state index in [1.807, 2.05) is 0 Å². The maximum atomic E-state index is 10.0. The fraction of sp³-hybridized carbons (Fsp3) is 1.00. The molecule has 10 nitrogen and oxygen atoms in total. The van der Waals surface area contributed by atoms with Gasteiger partial charge in [0, 0.05) is 7.11 Å². The van der Waals surface area contributed by atoms with Gasteiger partial charge in [0.25, 0.3) is 0 Å². The lowest BCUT2D eigenvalue weighted by atomic mass is 9.96. The predicted octanol–water partition coefficient (Wildman–Crippen LogP) is -3.67. The molecule has 10 heteroatoms. The predicted molar refractivity (Wildman–Crippen MR) is 76.9 cm³/mol. The van der Waals surface area contributed by atoms with Crippen molar-refractivity contribution in [2.24, 2.45) is 0 Å². The molecular weight excluding hydrogens is 328 g/mol. The summed E-state index contributed by atoms with van der Waals surface area (Å²) in [6.45, 7) is 0.819. The zero-order valence-corrected chi connectivity index (χ0v) is 13.5. The van der Waals surface area contributed by atoms with Crippen LogP contribution >= 0.6 is 0 Å². The minimum absolute atomic E-state index is 0.264. The van der Waals surface area contributed by atoms with E-state index in [9.17, 15) is 30.6 Å². The SMILES string of the molecule is COC1C(O)C(O)C(OCC2O[C@H](C)C(O)C(O)C2O)O[C@@H]1CO. The molecule has 0 bridgehead atoms. The highest BCUT2D eigenvalue weighted by atomic mass is 16.7. The molecule has 0 aromatic carbocycles. The quantitative estimate of drug-likeness (QED) is 0.290. The van der Waals surface area contributed by atoms with E-state index in [4.69, 9.17) is 18.9 Å². The van der Waals surface area contributed by atoms with E-state index in [-0.39, 0.29) is 6.61 Å². The van der Waals surface area contributed by atoms with E-state index in [0.717, 1.165) is 0 Å². The van der Waals surface area contributed by atoms with E-state index in [2.05, 4.69) is 0 Å². The number of methoxy groups -OCH3 is 1. The zero-order valence-electron chi connectivity index (χ0n) is 13.5. The monoisotopic (exact) mass is 354 g/mol. The molecule has 2 rings (SSSR count). The van der Waals surface area contributed by atoms with Crippen molar-refractivity contribution >= 4 is 0 Å². The number of ether oxygens (including phenoxy) is 4. The van der Waals surface area contributed by atoms with Gasteiger partial charge in [-0.2, -0.15) is 0 Å². The minimum atomic E-state index is -1.44. The van der Waals surface area contributed by atoms with Crippen molar-refractivity contribution in [3.63, 3.8) is 0 Å². The highest BCUT2D eigenvalue weighted by molar-refractivity contribution is 4.92. The lowest BCUT2D eigenvalue weighted by Gasteiger charge is -2.43. The molecule has 0 saturated carbocycles. The lowest BCUT2D eigenvalue weighted by Crippen LogP contribution is -2.61. The molecule has 8 unspecified atom stereocenters. The lowest BCUT2D eigenvalue weighted by molar-refractivity contribution is -0.316. The molecule has 24 heavy (non-hydrogen) atoms. The van der Waals surface area contributed by atoms with Gasteiger partial charge in [0.1, 0.15) is 48.8 Å². The van der Waals surface area contributed by atoms with Crippen LogP contribution in [-0.2, 0) is 18.9 Å². The van der Waals surface area contributed by atoms with E-state index in [0.29, 0.717) is 0 Å². The Hall–Kier alpha value is -0.400. The molecule has 6 N–H and O–H groups in total. The van der Waals surface area contributed by atoms with Crippen LogP contribution in [-0.4, -0.2) is 112 Å². The van der Waals surface area contributed by atoms with Crippen LogP contribution in [0.25, 0.3) is 0 Å². The van der Waals surface area contributed by atoms with Crippen molar-refractivity contribution in [2.45, 2.75) is 68.1 Å². The van der Waals surface area contributed by atoms with Crippen LogP contribution in [0.5, 0.6) is 0 Å². The van der Waals surface area contributed by atoms with Gasteiger partial charge < -0.3 is 49.6 Å². The van der Waals surface area contributed by atoms with Crippen LogP contribution in [0.15, 0.2) is 0 Å². The molecule has 2 aliphatic rings. The van der Waals surface area contributed by atoms with Gasteiger partial charge >= 0.3 is 0 Å². The van der Waals surface area contributed by atoms with Crippen LogP contribution in [0.4, 0.5) is 0 Å². The Labute approximate surface area is 139 Å². The van der Waals surface area contributed by atoms with Crippen LogP contribution in [0.2, 0.25) is 0 Å². The highest BCUT2D eigenvalue weighted by Crippen LogP contribution is 2.26. The van der Waals surface area contributed by atoms with Crippen molar-refractivity contribution in [3.05, 3.63) is 0 Å². The molecule has 0 aliphatic carbocycles. The van der Waals surface area contributed by atoms with Gasteiger partial charge in [0.15, 0.2) is 6.29 Å². The summed E-state index contributed by atoms with van der Waals surface area (Å²) in [5.41, 5.74) is 0. The Bertz CT molecular complexity index is 394. The normalized spacial score (nSPS) is 50.0. The molecule has 2 heterocycles. The van der Waals surface area contributed by atoms with E-state index in [1.165, 1.54) is 14.0 Å². The third-order valence-corrected chi connectivity index (χ3v) is 4.47. The Morgan fingerprint density at radius 1 is 0.833 bits per heavy atom. The molecule has 0 aromatic heterocycles. The second kappa shape index (κ2) is 8.32. The number of aliphatic hydroxyl groups excluding tert-OH is 6. The molecule has 0 spiro atoms. The molecule has 142 valence electrons. The first-order valence-electron chi connectivity index (χ1n) is 7.78. The maximum absolute atomic E-state index is 10.0. The number of rotatable bonds is 5. The van der Waals surface area contributed by atoms with Gasteiger partial charge in [0.2, 0.25) is 0 Å². The maximum Gasteiger partial charge on any atom is 0.186 e. The Balaban J connectivity index is 1.95. The van der Waals surface area contributed by atoms with Crippen LogP contribution in [0.3, 0.4) is 0 Å². The average molecular weight is 354 g/mol. The Morgan fingerprint density at radius 3 is 2.08 bits per heavy atom. The summed E-state index contributed by atoms with van der Waals surface area (Å²) in [5.74, 6) is 0. The van der Waals surface area contributed by atoms with E-state index >= 15 is 0 Å². The van der Waals surface area contributed by atoms with Crippen molar-refractivity contribution in [2.75, 3.05) is 20.3 Å². The zero-order chi connectivity index (χ0) is 18.0. The molecule has 10 atom stereocenters.